The Labute approximate surface area is 125 Å². The summed E-state index contributed by atoms with van der Waals surface area (Å²) in [7, 11) is 0. The number of nitrogens with one attached hydrogen (secondary N) is 1. The Bertz CT molecular complexity index is 425. The predicted molar refractivity (Wildman–Crippen MR) is 82.9 cm³/mol. The van der Waals surface area contributed by atoms with Crippen molar-refractivity contribution in [2.75, 3.05) is 0 Å². The first-order chi connectivity index (χ1) is 9.70. The number of thiazole rings is 1. The van der Waals surface area contributed by atoms with Crippen molar-refractivity contribution in [2.24, 2.45) is 5.73 Å². The number of carbonyl (C=O) groups is 1. The lowest BCUT2D eigenvalue weighted by molar-refractivity contribution is 0.0926. The SMILES string of the molecule is CCC(N)c1nc(C(=O)NC2CCCCCCC2)cs1. The monoisotopic (exact) mass is 295 g/mol. The van der Waals surface area contributed by atoms with Crippen molar-refractivity contribution in [1.29, 1.82) is 0 Å². The third kappa shape index (κ3) is 4.28. The van der Waals surface area contributed by atoms with Gasteiger partial charge in [0.1, 0.15) is 10.7 Å². The van der Waals surface area contributed by atoms with E-state index in [1.54, 1.807) is 0 Å². The molecule has 0 spiro atoms. The number of hydrogen-bond acceptors (Lipinski definition) is 4. The first-order valence-corrected chi connectivity index (χ1v) is 8.60. The van der Waals surface area contributed by atoms with Gasteiger partial charge in [0.25, 0.3) is 5.91 Å². The summed E-state index contributed by atoms with van der Waals surface area (Å²) in [6, 6.07) is 0.260. The maximum atomic E-state index is 12.2. The highest BCUT2D eigenvalue weighted by Crippen LogP contribution is 2.20. The summed E-state index contributed by atoms with van der Waals surface area (Å²) in [4.78, 5) is 16.6. The van der Waals surface area contributed by atoms with Crippen LogP contribution in [0, 0.1) is 0 Å². The van der Waals surface area contributed by atoms with E-state index in [1.165, 1.54) is 43.4 Å². The van der Waals surface area contributed by atoms with Crippen LogP contribution in [0.4, 0.5) is 0 Å². The van der Waals surface area contributed by atoms with Crippen LogP contribution >= 0.6 is 11.3 Å². The quantitative estimate of drug-likeness (QED) is 0.894. The van der Waals surface area contributed by atoms with Gasteiger partial charge in [-0.2, -0.15) is 0 Å². The molecule has 1 aromatic heterocycles. The summed E-state index contributed by atoms with van der Waals surface area (Å²) < 4.78 is 0. The molecule has 0 aliphatic heterocycles. The highest BCUT2D eigenvalue weighted by atomic mass is 32.1. The average Bonchev–Trinajstić information content (AvgIpc) is 2.90. The number of hydrogen-bond donors (Lipinski definition) is 2. The zero-order chi connectivity index (χ0) is 14.4. The minimum absolute atomic E-state index is 0.0404. The average molecular weight is 295 g/mol. The molecular formula is C15H25N3OS. The van der Waals surface area contributed by atoms with Crippen molar-refractivity contribution >= 4 is 17.2 Å². The van der Waals surface area contributed by atoms with Gasteiger partial charge < -0.3 is 11.1 Å². The molecule has 4 nitrogen and oxygen atoms in total. The van der Waals surface area contributed by atoms with E-state index in [1.807, 2.05) is 12.3 Å². The number of nitrogens with two attached hydrogens (primary N) is 1. The van der Waals surface area contributed by atoms with Crippen LogP contribution in [0.2, 0.25) is 0 Å². The standard InChI is InChI=1S/C15H25N3OS/c1-2-12(16)15-18-13(10-20-15)14(19)17-11-8-6-4-3-5-7-9-11/h10-12H,2-9,16H2,1H3,(H,17,19). The summed E-state index contributed by atoms with van der Waals surface area (Å²) in [6.07, 6.45) is 9.38. The van der Waals surface area contributed by atoms with E-state index in [0.717, 1.165) is 24.3 Å². The lowest BCUT2D eigenvalue weighted by atomic mass is 9.97. The second-order valence-electron chi connectivity index (χ2n) is 5.60. The van der Waals surface area contributed by atoms with Crippen LogP contribution in [0.15, 0.2) is 5.38 Å². The lowest BCUT2D eigenvalue weighted by Gasteiger charge is -2.20. The Kier molecular flexibility index (Phi) is 5.98. The van der Waals surface area contributed by atoms with Crippen LogP contribution in [0.1, 0.15) is 79.8 Å². The summed E-state index contributed by atoms with van der Waals surface area (Å²) in [5, 5.41) is 5.82. The third-order valence-corrected chi connectivity index (χ3v) is 4.93. The minimum atomic E-state index is -0.0528. The number of rotatable bonds is 4. The zero-order valence-corrected chi connectivity index (χ0v) is 13.0. The van der Waals surface area contributed by atoms with Gasteiger partial charge in [0.05, 0.1) is 6.04 Å². The van der Waals surface area contributed by atoms with Crippen molar-refractivity contribution in [2.45, 2.75) is 70.4 Å². The molecule has 1 unspecified atom stereocenters. The van der Waals surface area contributed by atoms with E-state index in [9.17, 15) is 4.79 Å². The normalized spacial score (nSPS) is 19.1. The van der Waals surface area contributed by atoms with E-state index in [2.05, 4.69) is 10.3 Å². The predicted octanol–water partition coefficient (Wildman–Crippen LogP) is 3.40. The molecule has 1 aliphatic carbocycles. The number of aromatic nitrogens is 1. The van der Waals surface area contributed by atoms with Gasteiger partial charge in [-0.25, -0.2) is 4.98 Å². The van der Waals surface area contributed by atoms with Crippen LogP contribution in [0.3, 0.4) is 0 Å². The van der Waals surface area contributed by atoms with Crippen molar-refractivity contribution in [3.63, 3.8) is 0 Å². The number of carbonyl (C=O) groups excluding carboxylic acids is 1. The third-order valence-electron chi connectivity index (χ3n) is 3.95. The van der Waals surface area contributed by atoms with Gasteiger partial charge in [0.15, 0.2) is 0 Å². The molecule has 1 atom stereocenters. The van der Waals surface area contributed by atoms with Crippen LogP contribution in [-0.4, -0.2) is 16.9 Å². The Morgan fingerprint density at radius 3 is 2.70 bits per heavy atom. The van der Waals surface area contributed by atoms with Gasteiger partial charge in [-0.3, -0.25) is 4.79 Å². The topological polar surface area (TPSA) is 68.0 Å². The van der Waals surface area contributed by atoms with Crippen LogP contribution < -0.4 is 11.1 Å². The summed E-state index contributed by atoms with van der Waals surface area (Å²) in [5.74, 6) is -0.0404. The molecule has 3 N–H and O–H groups in total. The highest BCUT2D eigenvalue weighted by Gasteiger charge is 2.18. The van der Waals surface area contributed by atoms with Crippen molar-refractivity contribution < 1.29 is 4.79 Å². The number of nitrogens with zero attached hydrogens (tertiary/aromatic N) is 1. The molecule has 0 saturated heterocycles. The fourth-order valence-electron chi connectivity index (χ4n) is 2.60. The van der Waals surface area contributed by atoms with Gasteiger partial charge >= 0.3 is 0 Å². The molecule has 5 heteroatoms. The smallest absolute Gasteiger partial charge is 0.270 e. The summed E-state index contributed by atoms with van der Waals surface area (Å²) >= 11 is 1.48. The first kappa shape index (κ1) is 15.4. The molecule has 0 bridgehead atoms. The highest BCUT2D eigenvalue weighted by molar-refractivity contribution is 7.09. The molecule has 1 heterocycles. The maximum Gasteiger partial charge on any atom is 0.270 e. The Balaban J connectivity index is 1.91. The molecule has 1 aliphatic rings. The van der Waals surface area contributed by atoms with Crippen molar-refractivity contribution in [3.8, 4) is 0 Å². The molecule has 1 saturated carbocycles. The lowest BCUT2D eigenvalue weighted by Crippen LogP contribution is -2.35. The molecule has 1 fully saturated rings. The van der Waals surface area contributed by atoms with Gasteiger partial charge in [-0.15, -0.1) is 11.3 Å². The molecule has 0 aromatic carbocycles. The van der Waals surface area contributed by atoms with Crippen molar-refractivity contribution in [3.05, 3.63) is 16.1 Å². The molecule has 1 amide bonds. The minimum Gasteiger partial charge on any atom is -0.348 e. The van der Waals surface area contributed by atoms with Crippen LogP contribution in [0.25, 0.3) is 0 Å². The van der Waals surface area contributed by atoms with E-state index >= 15 is 0 Å². The van der Waals surface area contributed by atoms with E-state index < -0.39 is 0 Å². The van der Waals surface area contributed by atoms with Gasteiger partial charge in [-0.05, 0) is 19.3 Å². The van der Waals surface area contributed by atoms with Gasteiger partial charge in [0.2, 0.25) is 0 Å². The summed E-state index contributed by atoms with van der Waals surface area (Å²) in [6.45, 7) is 2.03. The fraction of sp³-hybridized carbons (Fsp3) is 0.733. The number of amides is 1. The molecule has 1 aromatic rings. The Morgan fingerprint density at radius 2 is 2.05 bits per heavy atom. The molecule has 112 valence electrons. The largest absolute Gasteiger partial charge is 0.348 e. The maximum absolute atomic E-state index is 12.2. The van der Waals surface area contributed by atoms with Crippen LogP contribution in [-0.2, 0) is 0 Å². The van der Waals surface area contributed by atoms with Gasteiger partial charge in [0, 0.05) is 11.4 Å². The fourth-order valence-corrected chi connectivity index (χ4v) is 3.48. The van der Waals surface area contributed by atoms with E-state index in [0.29, 0.717) is 11.7 Å². The second kappa shape index (κ2) is 7.74. The van der Waals surface area contributed by atoms with Gasteiger partial charge in [-0.1, -0.05) is 39.0 Å². The second-order valence-corrected chi connectivity index (χ2v) is 6.49. The van der Waals surface area contributed by atoms with Crippen LogP contribution in [0.5, 0.6) is 0 Å². The van der Waals surface area contributed by atoms with E-state index in [4.69, 9.17) is 5.73 Å². The zero-order valence-electron chi connectivity index (χ0n) is 12.2. The Hall–Kier alpha value is -0.940. The molecule has 2 rings (SSSR count). The van der Waals surface area contributed by atoms with Crippen molar-refractivity contribution in [1.82, 2.24) is 10.3 Å². The molecule has 0 radical (unpaired) electrons. The van der Waals surface area contributed by atoms with E-state index in [-0.39, 0.29) is 11.9 Å². The molecular weight excluding hydrogens is 270 g/mol. The molecule has 20 heavy (non-hydrogen) atoms. The Morgan fingerprint density at radius 1 is 1.40 bits per heavy atom. The first-order valence-electron chi connectivity index (χ1n) is 7.72. The summed E-state index contributed by atoms with van der Waals surface area (Å²) in [5.41, 5.74) is 6.47.